The predicted octanol–water partition coefficient (Wildman–Crippen LogP) is 3.09. The first-order valence-corrected chi connectivity index (χ1v) is 9.18. The van der Waals surface area contributed by atoms with Crippen molar-refractivity contribution in [3.05, 3.63) is 64.0 Å². The highest BCUT2D eigenvalue weighted by Crippen LogP contribution is 2.21. The topological polar surface area (TPSA) is 117 Å². The van der Waals surface area contributed by atoms with Gasteiger partial charge in [0, 0.05) is 18.7 Å². The number of hydrogen-bond donors (Lipinski definition) is 1. The first-order chi connectivity index (χ1) is 14.4. The van der Waals surface area contributed by atoms with Crippen molar-refractivity contribution in [2.24, 2.45) is 0 Å². The minimum atomic E-state index is -0.848. The lowest BCUT2D eigenvalue weighted by Crippen LogP contribution is -2.21. The number of nitrogens with one attached hydrogen (secondary N) is 1. The number of hydrogen-bond acceptors (Lipinski definition) is 7. The lowest BCUT2D eigenvalue weighted by Gasteiger charge is -2.11. The first kappa shape index (κ1) is 21.2. The summed E-state index contributed by atoms with van der Waals surface area (Å²) in [6.45, 7) is 0.483. The standard InChI is InChI=1S/C20H19FN2O7/c21-17-8-5-14(23(26)27)10-18(17)22-19(24)12-30-20(25)13-3-6-15(7-4-13)29-11-16-2-1-9-28-16/h3-8,10,16H,1-2,9,11-12H2,(H,22,24)/t16-/m0/s1. The van der Waals surface area contributed by atoms with E-state index in [1.54, 1.807) is 12.1 Å². The average molecular weight is 418 g/mol. The van der Waals surface area contributed by atoms with Crippen LogP contribution in [-0.2, 0) is 14.3 Å². The zero-order valence-corrected chi connectivity index (χ0v) is 15.8. The van der Waals surface area contributed by atoms with Crippen LogP contribution in [0, 0.1) is 15.9 Å². The van der Waals surface area contributed by atoms with Crippen molar-refractivity contribution in [3.8, 4) is 5.75 Å². The van der Waals surface area contributed by atoms with E-state index in [1.807, 2.05) is 0 Å². The number of benzene rings is 2. The van der Waals surface area contributed by atoms with Crippen LogP contribution in [0.2, 0.25) is 0 Å². The fraction of sp³-hybridized carbons (Fsp3) is 0.300. The molecule has 1 atom stereocenters. The van der Waals surface area contributed by atoms with Gasteiger partial charge in [-0.25, -0.2) is 9.18 Å². The molecule has 0 aromatic heterocycles. The number of halogens is 1. The summed E-state index contributed by atoms with van der Waals surface area (Å²) >= 11 is 0. The van der Waals surface area contributed by atoms with Gasteiger partial charge in [0.05, 0.1) is 22.3 Å². The molecule has 10 heteroatoms. The monoisotopic (exact) mass is 418 g/mol. The smallest absolute Gasteiger partial charge is 0.338 e. The van der Waals surface area contributed by atoms with E-state index in [2.05, 4.69) is 5.32 Å². The van der Waals surface area contributed by atoms with Crippen LogP contribution >= 0.6 is 0 Å². The van der Waals surface area contributed by atoms with Crippen LogP contribution in [0.1, 0.15) is 23.2 Å². The fourth-order valence-corrected chi connectivity index (χ4v) is 2.78. The lowest BCUT2D eigenvalue weighted by atomic mass is 10.2. The summed E-state index contributed by atoms with van der Waals surface area (Å²) in [6.07, 6.45) is 2.04. The number of non-ortho nitro benzene ring substituents is 1. The lowest BCUT2D eigenvalue weighted by molar-refractivity contribution is -0.384. The largest absolute Gasteiger partial charge is 0.491 e. The molecule has 30 heavy (non-hydrogen) atoms. The maximum absolute atomic E-state index is 13.7. The summed E-state index contributed by atoms with van der Waals surface area (Å²) in [7, 11) is 0. The van der Waals surface area contributed by atoms with Gasteiger partial charge in [0.2, 0.25) is 0 Å². The van der Waals surface area contributed by atoms with Crippen LogP contribution in [0.4, 0.5) is 15.8 Å². The Bertz CT molecular complexity index is 927. The van der Waals surface area contributed by atoms with E-state index >= 15 is 0 Å². The van der Waals surface area contributed by atoms with Crippen molar-refractivity contribution in [2.45, 2.75) is 18.9 Å². The number of nitro groups is 1. The molecule has 1 aliphatic rings. The zero-order valence-electron chi connectivity index (χ0n) is 15.8. The maximum Gasteiger partial charge on any atom is 0.338 e. The third kappa shape index (κ3) is 5.74. The van der Waals surface area contributed by atoms with Crippen LogP contribution in [-0.4, -0.2) is 42.7 Å². The molecule has 0 unspecified atom stereocenters. The van der Waals surface area contributed by atoms with Crippen molar-refractivity contribution in [3.63, 3.8) is 0 Å². The van der Waals surface area contributed by atoms with Gasteiger partial charge in [-0.15, -0.1) is 0 Å². The fourth-order valence-electron chi connectivity index (χ4n) is 2.78. The molecule has 0 bridgehead atoms. The highest BCUT2D eigenvalue weighted by molar-refractivity contribution is 5.95. The van der Waals surface area contributed by atoms with Crippen LogP contribution < -0.4 is 10.1 Å². The number of esters is 1. The molecule has 1 aliphatic heterocycles. The molecule has 0 saturated carbocycles. The summed E-state index contributed by atoms with van der Waals surface area (Å²) in [4.78, 5) is 34.0. The van der Waals surface area contributed by atoms with Crippen LogP contribution in [0.3, 0.4) is 0 Å². The number of anilines is 1. The van der Waals surface area contributed by atoms with E-state index in [4.69, 9.17) is 14.2 Å². The van der Waals surface area contributed by atoms with E-state index < -0.39 is 29.2 Å². The minimum absolute atomic E-state index is 0.0732. The Labute approximate surface area is 170 Å². The van der Waals surface area contributed by atoms with Gasteiger partial charge in [0.1, 0.15) is 18.2 Å². The molecule has 0 spiro atoms. The van der Waals surface area contributed by atoms with Gasteiger partial charge < -0.3 is 19.5 Å². The third-order valence-electron chi connectivity index (χ3n) is 4.32. The van der Waals surface area contributed by atoms with Gasteiger partial charge in [0.25, 0.3) is 11.6 Å². The Hall–Kier alpha value is -3.53. The van der Waals surface area contributed by atoms with Crippen molar-refractivity contribution in [1.29, 1.82) is 0 Å². The van der Waals surface area contributed by atoms with Gasteiger partial charge in [0.15, 0.2) is 6.61 Å². The second kappa shape index (κ2) is 9.79. The molecular formula is C20H19FN2O7. The second-order valence-electron chi connectivity index (χ2n) is 6.52. The molecule has 9 nitrogen and oxygen atoms in total. The first-order valence-electron chi connectivity index (χ1n) is 9.18. The van der Waals surface area contributed by atoms with Crippen LogP contribution in [0.25, 0.3) is 0 Å². The van der Waals surface area contributed by atoms with Gasteiger partial charge in [-0.3, -0.25) is 14.9 Å². The number of nitrogens with zero attached hydrogens (tertiary/aromatic N) is 1. The number of amides is 1. The Balaban J connectivity index is 1.48. The summed E-state index contributed by atoms with van der Waals surface area (Å²) < 4.78 is 29.7. The normalized spacial score (nSPS) is 15.4. The summed E-state index contributed by atoms with van der Waals surface area (Å²) in [5.41, 5.74) is -0.558. The SMILES string of the molecule is O=C(COC(=O)c1ccc(OC[C@@H]2CCCO2)cc1)Nc1cc([N+](=O)[O-])ccc1F. The summed E-state index contributed by atoms with van der Waals surface area (Å²) in [5.74, 6) is -1.87. The molecule has 0 radical (unpaired) electrons. The van der Waals surface area contributed by atoms with E-state index in [0.29, 0.717) is 12.4 Å². The molecular weight excluding hydrogens is 399 g/mol. The third-order valence-corrected chi connectivity index (χ3v) is 4.32. The Morgan fingerprint density at radius 2 is 2.00 bits per heavy atom. The number of carbonyl (C=O) groups is 2. The maximum atomic E-state index is 13.7. The van der Waals surface area contributed by atoms with Crippen molar-refractivity contribution in [1.82, 2.24) is 0 Å². The van der Waals surface area contributed by atoms with Gasteiger partial charge >= 0.3 is 5.97 Å². The molecule has 3 rings (SSSR count). The number of carbonyl (C=O) groups excluding carboxylic acids is 2. The van der Waals surface area contributed by atoms with E-state index in [9.17, 15) is 24.1 Å². The second-order valence-corrected chi connectivity index (χ2v) is 6.52. The van der Waals surface area contributed by atoms with E-state index in [1.165, 1.54) is 12.1 Å². The molecule has 2 aromatic carbocycles. The molecule has 1 fully saturated rings. The molecule has 1 heterocycles. The molecule has 1 saturated heterocycles. The predicted molar refractivity (Wildman–Crippen MR) is 103 cm³/mol. The molecule has 1 amide bonds. The zero-order chi connectivity index (χ0) is 21.5. The number of rotatable bonds is 8. The highest BCUT2D eigenvalue weighted by atomic mass is 19.1. The molecule has 1 N–H and O–H groups in total. The summed E-state index contributed by atoms with van der Waals surface area (Å²) in [6, 6.07) is 8.90. The summed E-state index contributed by atoms with van der Waals surface area (Å²) in [5, 5.41) is 12.9. The van der Waals surface area contributed by atoms with E-state index in [0.717, 1.165) is 37.6 Å². The Morgan fingerprint density at radius 3 is 2.67 bits per heavy atom. The van der Waals surface area contributed by atoms with Gasteiger partial charge in [-0.2, -0.15) is 0 Å². The Morgan fingerprint density at radius 1 is 1.23 bits per heavy atom. The average Bonchev–Trinajstić information content (AvgIpc) is 3.26. The highest BCUT2D eigenvalue weighted by Gasteiger charge is 2.17. The minimum Gasteiger partial charge on any atom is -0.491 e. The number of ether oxygens (including phenoxy) is 3. The van der Waals surface area contributed by atoms with Crippen molar-refractivity contribution >= 4 is 23.3 Å². The van der Waals surface area contributed by atoms with Crippen molar-refractivity contribution in [2.75, 3.05) is 25.1 Å². The Kier molecular flexibility index (Phi) is 6.91. The van der Waals surface area contributed by atoms with Crippen molar-refractivity contribution < 1.29 is 33.1 Å². The van der Waals surface area contributed by atoms with E-state index in [-0.39, 0.29) is 23.0 Å². The van der Waals surface area contributed by atoms with Crippen LogP contribution in [0.15, 0.2) is 42.5 Å². The molecule has 0 aliphatic carbocycles. The van der Waals surface area contributed by atoms with Gasteiger partial charge in [-0.05, 0) is 43.2 Å². The number of nitro benzene ring substituents is 1. The molecule has 158 valence electrons. The van der Waals surface area contributed by atoms with Gasteiger partial charge in [-0.1, -0.05) is 0 Å². The quantitative estimate of drug-likeness (QED) is 0.398. The van der Waals surface area contributed by atoms with Crippen LogP contribution in [0.5, 0.6) is 5.75 Å². The molecule has 2 aromatic rings.